The second kappa shape index (κ2) is 10.1. The minimum absolute atomic E-state index is 0.0446. The predicted octanol–water partition coefficient (Wildman–Crippen LogP) is 2.67. The van der Waals surface area contributed by atoms with Crippen LogP contribution in [0.5, 0.6) is 0 Å². The van der Waals surface area contributed by atoms with Crippen molar-refractivity contribution in [2.75, 3.05) is 11.9 Å². The topological polar surface area (TPSA) is 128 Å². The zero-order valence-electron chi connectivity index (χ0n) is 16.3. The summed E-state index contributed by atoms with van der Waals surface area (Å²) in [6.45, 7) is 2.56. The van der Waals surface area contributed by atoms with Gasteiger partial charge in [-0.1, -0.05) is 38.1 Å². The van der Waals surface area contributed by atoms with Crippen molar-refractivity contribution in [2.24, 2.45) is 5.92 Å². The molecule has 2 aromatic carbocycles. The number of esters is 1. The van der Waals surface area contributed by atoms with Crippen molar-refractivity contribution in [2.45, 2.75) is 19.9 Å². The van der Waals surface area contributed by atoms with Crippen LogP contribution in [0, 0.1) is 21.8 Å². The van der Waals surface area contributed by atoms with E-state index in [0.29, 0.717) is 0 Å². The maximum absolute atomic E-state index is 13.8. The van der Waals surface area contributed by atoms with E-state index >= 15 is 0 Å². The van der Waals surface area contributed by atoms with Gasteiger partial charge in [-0.3, -0.25) is 19.7 Å². The molecule has 2 aromatic rings. The Labute approximate surface area is 171 Å². The van der Waals surface area contributed by atoms with Gasteiger partial charge in [0, 0.05) is 6.07 Å². The summed E-state index contributed by atoms with van der Waals surface area (Å²) in [7, 11) is 0. The molecule has 0 saturated heterocycles. The van der Waals surface area contributed by atoms with E-state index in [1.165, 1.54) is 42.5 Å². The molecule has 0 bridgehead atoms. The maximum atomic E-state index is 13.8. The van der Waals surface area contributed by atoms with Gasteiger partial charge in [0.25, 0.3) is 17.5 Å². The van der Waals surface area contributed by atoms with Crippen molar-refractivity contribution in [3.63, 3.8) is 0 Å². The minimum atomic E-state index is -1.13. The molecular formula is C20H20FN3O6. The highest BCUT2D eigenvalue weighted by Gasteiger charge is 2.27. The number of para-hydroxylation sites is 2. The standard InChI is InChI=1S/C20H20FN3O6/c1-12(2)18(23-19(26)13-7-3-4-8-14(13)21)20(27)30-11-17(25)22-15-9-5-6-10-16(15)24(28)29/h3-10,12,18H,11H2,1-2H3,(H,22,25)(H,23,26)/t18-/m0/s1. The smallest absolute Gasteiger partial charge is 0.329 e. The van der Waals surface area contributed by atoms with Crippen LogP contribution in [0.4, 0.5) is 15.8 Å². The third kappa shape index (κ3) is 5.84. The van der Waals surface area contributed by atoms with Gasteiger partial charge in [0.1, 0.15) is 17.5 Å². The summed E-state index contributed by atoms with van der Waals surface area (Å²) in [5.41, 5.74) is -0.587. The largest absolute Gasteiger partial charge is 0.454 e. The van der Waals surface area contributed by atoms with Crippen molar-refractivity contribution >= 4 is 29.2 Å². The first kappa shape index (κ1) is 22.5. The number of nitro groups is 1. The van der Waals surface area contributed by atoms with E-state index in [1.807, 2.05) is 0 Å². The number of rotatable bonds is 8. The Morgan fingerprint density at radius 2 is 1.73 bits per heavy atom. The molecular weight excluding hydrogens is 397 g/mol. The van der Waals surface area contributed by atoms with Crippen molar-refractivity contribution in [3.05, 3.63) is 70.0 Å². The number of hydrogen-bond donors (Lipinski definition) is 2. The van der Waals surface area contributed by atoms with Gasteiger partial charge in [-0.15, -0.1) is 0 Å². The Morgan fingerprint density at radius 1 is 1.10 bits per heavy atom. The number of nitro benzene ring substituents is 1. The molecule has 9 nitrogen and oxygen atoms in total. The Kier molecular flexibility index (Phi) is 7.56. The van der Waals surface area contributed by atoms with Crippen molar-refractivity contribution in [1.29, 1.82) is 0 Å². The van der Waals surface area contributed by atoms with Crippen LogP contribution in [0.25, 0.3) is 0 Å². The minimum Gasteiger partial charge on any atom is -0.454 e. The molecule has 0 aliphatic heterocycles. The third-order valence-corrected chi connectivity index (χ3v) is 4.05. The molecule has 2 amide bonds. The fraction of sp³-hybridized carbons (Fsp3) is 0.250. The summed E-state index contributed by atoms with van der Waals surface area (Å²) in [5, 5.41) is 15.7. The van der Waals surface area contributed by atoms with Crippen molar-refractivity contribution < 1.29 is 28.4 Å². The van der Waals surface area contributed by atoms with E-state index in [-0.39, 0.29) is 16.9 Å². The van der Waals surface area contributed by atoms with Crippen LogP contribution in [-0.2, 0) is 14.3 Å². The normalized spacial score (nSPS) is 11.5. The predicted molar refractivity (Wildman–Crippen MR) is 105 cm³/mol. The number of halogens is 1. The molecule has 30 heavy (non-hydrogen) atoms. The molecule has 0 radical (unpaired) electrons. The van der Waals surface area contributed by atoms with Gasteiger partial charge < -0.3 is 15.4 Å². The van der Waals surface area contributed by atoms with Crippen LogP contribution in [-0.4, -0.2) is 35.4 Å². The van der Waals surface area contributed by atoms with Crippen LogP contribution < -0.4 is 10.6 Å². The second-order valence-electron chi connectivity index (χ2n) is 6.61. The van der Waals surface area contributed by atoms with E-state index in [0.717, 1.165) is 6.07 Å². The van der Waals surface area contributed by atoms with Gasteiger partial charge in [0.2, 0.25) is 0 Å². The fourth-order valence-corrected chi connectivity index (χ4v) is 2.51. The van der Waals surface area contributed by atoms with Gasteiger partial charge in [-0.05, 0) is 24.1 Å². The lowest BCUT2D eigenvalue weighted by molar-refractivity contribution is -0.383. The lowest BCUT2D eigenvalue weighted by Crippen LogP contribution is -2.46. The van der Waals surface area contributed by atoms with Crippen LogP contribution in [0.3, 0.4) is 0 Å². The van der Waals surface area contributed by atoms with Gasteiger partial charge in [0.15, 0.2) is 6.61 Å². The summed E-state index contributed by atoms with van der Waals surface area (Å²) < 4.78 is 18.7. The number of carbonyl (C=O) groups excluding carboxylic acids is 3. The average molecular weight is 417 g/mol. The van der Waals surface area contributed by atoms with Gasteiger partial charge in [-0.2, -0.15) is 0 Å². The van der Waals surface area contributed by atoms with E-state index in [9.17, 15) is 28.9 Å². The first-order valence-corrected chi connectivity index (χ1v) is 8.96. The van der Waals surface area contributed by atoms with E-state index in [4.69, 9.17) is 4.74 Å². The molecule has 2 rings (SSSR count). The van der Waals surface area contributed by atoms with Crippen LogP contribution >= 0.6 is 0 Å². The molecule has 0 saturated carbocycles. The van der Waals surface area contributed by atoms with Crippen LogP contribution in [0.1, 0.15) is 24.2 Å². The Bertz CT molecular complexity index is 963. The van der Waals surface area contributed by atoms with Crippen molar-refractivity contribution in [1.82, 2.24) is 5.32 Å². The lowest BCUT2D eigenvalue weighted by Gasteiger charge is -2.21. The number of ether oxygens (including phenoxy) is 1. The molecule has 0 aliphatic carbocycles. The SMILES string of the molecule is CC(C)[C@H](NC(=O)c1ccccc1F)C(=O)OCC(=O)Nc1ccccc1[N+](=O)[O-]. The Balaban J connectivity index is 1.99. The van der Waals surface area contributed by atoms with E-state index in [1.54, 1.807) is 13.8 Å². The molecule has 1 atom stereocenters. The van der Waals surface area contributed by atoms with E-state index < -0.39 is 47.1 Å². The van der Waals surface area contributed by atoms with Gasteiger partial charge >= 0.3 is 5.97 Å². The number of nitrogens with zero attached hydrogens (tertiary/aromatic N) is 1. The average Bonchev–Trinajstić information content (AvgIpc) is 2.70. The maximum Gasteiger partial charge on any atom is 0.329 e. The molecule has 0 heterocycles. The summed E-state index contributed by atoms with van der Waals surface area (Å²) in [6, 6.07) is 9.66. The number of amides is 2. The molecule has 0 fully saturated rings. The zero-order valence-corrected chi connectivity index (χ0v) is 16.3. The summed E-state index contributed by atoms with van der Waals surface area (Å²) in [6.07, 6.45) is 0. The fourth-order valence-electron chi connectivity index (χ4n) is 2.51. The Hall–Kier alpha value is -3.82. The first-order chi connectivity index (χ1) is 14.2. The highest BCUT2D eigenvalue weighted by molar-refractivity contribution is 5.98. The molecule has 0 aliphatic rings. The highest BCUT2D eigenvalue weighted by atomic mass is 19.1. The summed E-state index contributed by atoms with van der Waals surface area (Å²) >= 11 is 0. The van der Waals surface area contributed by atoms with Crippen LogP contribution in [0.15, 0.2) is 48.5 Å². The molecule has 158 valence electrons. The van der Waals surface area contributed by atoms with Crippen molar-refractivity contribution in [3.8, 4) is 0 Å². The number of nitrogens with one attached hydrogen (secondary N) is 2. The Morgan fingerprint density at radius 3 is 2.37 bits per heavy atom. The van der Waals surface area contributed by atoms with E-state index in [2.05, 4.69) is 10.6 Å². The van der Waals surface area contributed by atoms with Gasteiger partial charge in [0.05, 0.1) is 10.5 Å². The summed E-state index contributed by atoms with van der Waals surface area (Å²) in [4.78, 5) is 47.0. The quantitative estimate of drug-likeness (QED) is 0.386. The zero-order chi connectivity index (χ0) is 22.3. The van der Waals surface area contributed by atoms with Crippen LogP contribution in [0.2, 0.25) is 0 Å². The lowest BCUT2D eigenvalue weighted by atomic mass is 10.0. The number of hydrogen-bond acceptors (Lipinski definition) is 6. The first-order valence-electron chi connectivity index (χ1n) is 8.96. The van der Waals surface area contributed by atoms with Gasteiger partial charge in [-0.25, -0.2) is 9.18 Å². The number of anilines is 1. The highest BCUT2D eigenvalue weighted by Crippen LogP contribution is 2.23. The summed E-state index contributed by atoms with van der Waals surface area (Å²) in [5.74, 6) is -3.64. The molecule has 0 unspecified atom stereocenters. The second-order valence-corrected chi connectivity index (χ2v) is 6.61. The molecule has 10 heteroatoms. The molecule has 0 aromatic heterocycles. The third-order valence-electron chi connectivity index (χ3n) is 4.05. The molecule has 0 spiro atoms. The number of carbonyl (C=O) groups is 3. The monoisotopic (exact) mass is 417 g/mol. The number of benzene rings is 2. The molecule has 2 N–H and O–H groups in total.